The summed E-state index contributed by atoms with van der Waals surface area (Å²) in [5.41, 5.74) is -0.271. The summed E-state index contributed by atoms with van der Waals surface area (Å²) in [4.78, 5) is 24.2. The van der Waals surface area contributed by atoms with E-state index in [4.69, 9.17) is 0 Å². The van der Waals surface area contributed by atoms with Crippen molar-refractivity contribution < 1.29 is 9.59 Å². The summed E-state index contributed by atoms with van der Waals surface area (Å²) in [6, 6.07) is -0.463. The lowest BCUT2D eigenvalue weighted by atomic mass is 9.86. The van der Waals surface area contributed by atoms with Crippen LogP contribution in [0.1, 0.15) is 27.7 Å². The highest BCUT2D eigenvalue weighted by Crippen LogP contribution is 2.20. The van der Waals surface area contributed by atoms with Crippen LogP contribution < -0.4 is 5.32 Å². The molecule has 0 aliphatic carbocycles. The van der Waals surface area contributed by atoms with E-state index >= 15 is 0 Å². The minimum atomic E-state index is -0.463. The maximum absolute atomic E-state index is 11.7. The molecule has 1 atom stereocenters. The summed E-state index contributed by atoms with van der Waals surface area (Å²) in [7, 11) is 3.37. The topological polar surface area (TPSA) is 49.4 Å². The van der Waals surface area contributed by atoms with Crippen LogP contribution in [0.3, 0.4) is 0 Å². The fraction of sp³-hybridized carbons (Fsp3) is 0.800. The molecule has 0 bridgehead atoms. The maximum Gasteiger partial charge on any atom is 0.245 e. The van der Waals surface area contributed by atoms with Crippen molar-refractivity contribution >= 4 is 11.8 Å². The smallest absolute Gasteiger partial charge is 0.245 e. The van der Waals surface area contributed by atoms with Gasteiger partial charge < -0.3 is 10.2 Å². The van der Waals surface area contributed by atoms with Gasteiger partial charge in [0, 0.05) is 21.0 Å². The Balaban J connectivity index is 4.73. The summed E-state index contributed by atoms with van der Waals surface area (Å²) >= 11 is 0. The van der Waals surface area contributed by atoms with Crippen molar-refractivity contribution in [2.24, 2.45) is 5.41 Å². The molecular formula is C10H20N2O2. The molecule has 1 N–H and O–H groups in total. The van der Waals surface area contributed by atoms with Crippen LogP contribution in [0.5, 0.6) is 0 Å². The van der Waals surface area contributed by atoms with Gasteiger partial charge in [-0.25, -0.2) is 0 Å². The fourth-order valence-electron chi connectivity index (χ4n) is 1.11. The summed E-state index contributed by atoms with van der Waals surface area (Å²) in [5.74, 6) is -0.257. The number of amides is 2. The molecule has 2 amide bonds. The second kappa shape index (κ2) is 4.44. The van der Waals surface area contributed by atoms with Crippen molar-refractivity contribution in [2.75, 3.05) is 14.1 Å². The number of nitrogens with zero attached hydrogens (tertiary/aromatic N) is 1. The molecule has 0 aromatic heterocycles. The zero-order chi connectivity index (χ0) is 11.5. The predicted molar refractivity (Wildman–Crippen MR) is 55.8 cm³/mol. The van der Waals surface area contributed by atoms with Gasteiger partial charge in [-0.1, -0.05) is 20.8 Å². The molecule has 0 aliphatic heterocycles. The van der Waals surface area contributed by atoms with Gasteiger partial charge in [0.25, 0.3) is 0 Å². The van der Waals surface area contributed by atoms with Crippen molar-refractivity contribution in [1.82, 2.24) is 10.2 Å². The average Bonchev–Trinajstić information content (AvgIpc) is 1.96. The first-order valence-corrected chi connectivity index (χ1v) is 4.64. The van der Waals surface area contributed by atoms with Crippen LogP contribution in [0.25, 0.3) is 0 Å². The lowest BCUT2D eigenvalue weighted by Gasteiger charge is -2.31. The lowest BCUT2D eigenvalue weighted by molar-refractivity contribution is -0.136. The summed E-state index contributed by atoms with van der Waals surface area (Å²) in [6.45, 7) is 7.20. The third kappa shape index (κ3) is 3.77. The second-order valence-corrected chi connectivity index (χ2v) is 4.73. The first kappa shape index (κ1) is 12.9. The standard InChI is InChI=1S/C10H20N2O2/c1-7(13)11-8(10(2,3)4)9(14)12(5)6/h8H,1-6H3,(H,11,13)/t8-/m1/s1. The minimum Gasteiger partial charge on any atom is -0.347 e. The van der Waals surface area contributed by atoms with Crippen molar-refractivity contribution in [3.05, 3.63) is 0 Å². The van der Waals surface area contributed by atoms with Gasteiger partial charge in [0.1, 0.15) is 6.04 Å². The molecule has 82 valence electrons. The third-order valence-corrected chi connectivity index (χ3v) is 1.90. The molecule has 0 aromatic rings. The average molecular weight is 200 g/mol. The predicted octanol–water partition coefficient (Wildman–Crippen LogP) is 0.625. The van der Waals surface area contributed by atoms with E-state index in [2.05, 4.69) is 5.32 Å². The molecule has 14 heavy (non-hydrogen) atoms. The van der Waals surface area contributed by atoms with E-state index in [1.54, 1.807) is 14.1 Å². The van der Waals surface area contributed by atoms with Crippen LogP contribution in [-0.2, 0) is 9.59 Å². The Bertz CT molecular complexity index is 229. The molecule has 4 heteroatoms. The fourth-order valence-corrected chi connectivity index (χ4v) is 1.11. The molecule has 0 unspecified atom stereocenters. The van der Waals surface area contributed by atoms with Gasteiger partial charge in [0.05, 0.1) is 0 Å². The Morgan fingerprint density at radius 2 is 1.64 bits per heavy atom. The van der Waals surface area contributed by atoms with Gasteiger partial charge in [-0.3, -0.25) is 9.59 Å². The van der Waals surface area contributed by atoms with Crippen LogP contribution in [0.4, 0.5) is 0 Å². The highest BCUT2D eigenvalue weighted by molar-refractivity contribution is 5.87. The van der Waals surface area contributed by atoms with Crippen LogP contribution in [0.15, 0.2) is 0 Å². The second-order valence-electron chi connectivity index (χ2n) is 4.73. The van der Waals surface area contributed by atoms with Crippen LogP contribution >= 0.6 is 0 Å². The largest absolute Gasteiger partial charge is 0.347 e. The SMILES string of the molecule is CC(=O)N[C@H](C(=O)N(C)C)C(C)(C)C. The molecule has 0 fully saturated rings. The van der Waals surface area contributed by atoms with E-state index in [-0.39, 0.29) is 17.2 Å². The van der Waals surface area contributed by atoms with Crippen LogP contribution in [0, 0.1) is 5.41 Å². The molecule has 0 rings (SSSR count). The zero-order valence-electron chi connectivity index (χ0n) is 9.84. The Hall–Kier alpha value is -1.06. The molecule has 0 spiro atoms. The first-order valence-electron chi connectivity index (χ1n) is 4.64. The van der Waals surface area contributed by atoms with Crippen molar-refractivity contribution in [1.29, 1.82) is 0 Å². The summed E-state index contributed by atoms with van der Waals surface area (Å²) in [6.07, 6.45) is 0. The van der Waals surface area contributed by atoms with Gasteiger partial charge in [-0.05, 0) is 5.41 Å². The number of carbonyl (C=O) groups is 2. The normalized spacial score (nSPS) is 13.3. The van der Waals surface area contributed by atoms with Crippen molar-refractivity contribution in [3.8, 4) is 0 Å². The van der Waals surface area contributed by atoms with Crippen LogP contribution in [-0.4, -0.2) is 36.9 Å². The summed E-state index contributed by atoms with van der Waals surface area (Å²) in [5, 5.41) is 2.67. The highest BCUT2D eigenvalue weighted by atomic mass is 16.2. The van der Waals surface area contributed by atoms with Gasteiger partial charge >= 0.3 is 0 Å². The summed E-state index contributed by atoms with van der Waals surface area (Å²) < 4.78 is 0. The molecule has 0 heterocycles. The number of carbonyl (C=O) groups excluding carboxylic acids is 2. The molecule has 0 aromatic carbocycles. The van der Waals surface area contributed by atoms with Gasteiger partial charge in [0.2, 0.25) is 11.8 Å². The Morgan fingerprint density at radius 3 is 1.86 bits per heavy atom. The number of hydrogen-bond donors (Lipinski definition) is 1. The molecule has 0 saturated heterocycles. The van der Waals surface area contributed by atoms with Gasteiger partial charge in [0.15, 0.2) is 0 Å². The molecular weight excluding hydrogens is 180 g/mol. The van der Waals surface area contributed by atoms with E-state index in [1.165, 1.54) is 11.8 Å². The molecule has 4 nitrogen and oxygen atoms in total. The Morgan fingerprint density at radius 1 is 1.21 bits per heavy atom. The lowest BCUT2D eigenvalue weighted by Crippen LogP contribution is -2.52. The highest BCUT2D eigenvalue weighted by Gasteiger charge is 2.32. The molecule has 0 radical (unpaired) electrons. The maximum atomic E-state index is 11.7. The van der Waals surface area contributed by atoms with E-state index in [9.17, 15) is 9.59 Å². The minimum absolute atomic E-state index is 0.0762. The quantitative estimate of drug-likeness (QED) is 0.710. The number of nitrogens with one attached hydrogen (secondary N) is 1. The van der Waals surface area contributed by atoms with E-state index < -0.39 is 6.04 Å². The Labute approximate surface area is 85.7 Å². The first-order chi connectivity index (χ1) is 6.16. The third-order valence-electron chi connectivity index (χ3n) is 1.90. The molecule has 0 saturated carbocycles. The van der Waals surface area contributed by atoms with E-state index in [1.807, 2.05) is 20.8 Å². The number of hydrogen-bond acceptors (Lipinski definition) is 2. The molecule has 0 aliphatic rings. The van der Waals surface area contributed by atoms with Gasteiger partial charge in [-0.15, -0.1) is 0 Å². The van der Waals surface area contributed by atoms with Gasteiger partial charge in [-0.2, -0.15) is 0 Å². The number of rotatable bonds is 2. The van der Waals surface area contributed by atoms with E-state index in [0.29, 0.717) is 0 Å². The zero-order valence-corrected chi connectivity index (χ0v) is 9.84. The Kier molecular flexibility index (Phi) is 4.10. The van der Waals surface area contributed by atoms with Crippen molar-refractivity contribution in [2.45, 2.75) is 33.7 Å². The van der Waals surface area contributed by atoms with E-state index in [0.717, 1.165) is 0 Å². The monoisotopic (exact) mass is 200 g/mol. The number of likely N-dealkylation sites (N-methyl/N-ethyl adjacent to an activating group) is 1. The van der Waals surface area contributed by atoms with Crippen LogP contribution in [0.2, 0.25) is 0 Å². The van der Waals surface area contributed by atoms with Crippen molar-refractivity contribution in [3.63, 3.8) is 0 Å².